The Hall–Kier alpha value is -1.82. The number of ether oxygens (including phenoxy) is 1. The lowest BCUT2D eigenvalue weighted by atomic mass is 9.79. The number of hydrogen-bond donors (Lipinski definition) is 2. The SMILES string of the molecule is COc1ccc(NCC2(O)CCC(C)CC2)c([N+](=O)[O-])c1. The zero-order valence-electron chi connectivity index (χ0n) is 12.5. The summed E-state index contributed by atoms with van der Waals surface area (Å²) in [5, 5.41) is 24.7. The Labute approximate surface area is 124 Å². The number of benzene rings is 1. The molecule has 6 nitrogen and oxygen atoms in total. The number of rotatable bonds is 5. The number of aliphatic hydroxyl groups is 1. The van der Waals surface area contributed by atoms with Crippen LogP contribution in [0.25, 0.3) is 0 Å². The minimum atomic E-state index is -0.777. The first-order chi connectivity index (χ1) is 9.93. The Morgan fingerprint density at radius 1 is 1.48 bits per heavy atom. The third-order valence-corrected chi connectivity index (χ3v) is 4.21. The summed E-state index contributed by atoms with van der Waals surface area (Å²) >= 11 is 0. The Morgan fingerprint density at radius 3 is 2.71 bits per heavy atom. The van der Waals surface area contributed by atoms with Crippen LogP contribution in [0.5, 0.6) is 5.75 Å². The summed E-state index contributed by atoms with van der Waals surface area (Å²) < 4.78 is 5.00. The number of nitro benzene ring substituents is 1. The lowest BCUT2D eigenvalue weighted by molar-refractivity contribution is -0.384. The highest BCUT2D eigenvalue weighted by Crippen LogP contribution is 2.34. The summed E-state index contributed by atoms with van der Waals surface area (Å²) in [6, 6.07) is 4.67. The topological polar surface area (TPSA) is 84.6 Å². The maximum atomic E-state index is 11.1. The molecule has 2 rings (SSSR count). The van der Waals surface area contributed by atoms with Crippen molar-refractivity contribution in [3.8, 4) is 5.75 Å². The molecule has 0 aromatic heterocycles. The first-order valence-electron chi connectivity index (χ1n) is 7.22. The second-order valence-corrected chi connectivity index (χ2v) is 5.90. The molecule has 116 valence electrons. The highest BCUT2D eigenvalue weighted by Gasteiger charge is 2.32. The van der Waals surface area contributed by atoms with Gasteiger partial charge in [-0.2, -0.15) is 0 Å². The summed E-state index contributed by atoms with van der Waals surface area (Å²) in [6.45, 7) is 2.51. The largest absolute Gasteiger partial charge is 0.496 e. The Morgan fingerprint density at radius 2 is 2.14 bits per heavy atom. The van der Waals surface area contributed by atoms with E-state index in [1.165, 1.54) is 13.2 Å². The number of anilines is 1. The molecule has 1 fully saturated rings. The van der Waals surface area contributed by atoms with Crippen molar-refractivity contribution >= 4 is 11.4 Å². The van der Waals surface area contributed by atoms with Gasteiger partial charge >= 0.3 is 0 Å². The third kappa shape index (κ3) is 3.85. The quantitative estimate of drug-likeness (QED) is 0.644. The van der Waals surface area contributed by atoms with Gasteiger partial charge in [0.15, 0.2) is 0 Å². The van der Waals surface area contributed by atoms with E-state index < -0.39 is 10.5 Å². The summed E-state index contributed by atoms with van der Waals surface area (Å²) in [6.07, 6.45) is 3.43. The molecule has 0 amide bonds. The van der Waals surface area contributed by atoms with Crippen LogP contribution in [-0.4, -0.2) is 29.3 Å². The molecule has 6 heteroatoms. The molecule has 0 atom stereocenters. The van der Waals surface area contributed by atoms with E-state index in [2.05, 4.69) is 12.2 Å². The molecule has 0 unspecified atom stereocenters. The van der Waals surface area contributed by atoms with Crippen molar-refractivity contribution in [1.29, 1.82) is 0 Å². The van der Waals surface area contributed by atoms with Gasteiger partial charge in [-0.25, -0.2) is 0 Å². The predicted molar refractivity (Wildman–Crippen MR) is 80.7 cm³/mol. The summed E-state index contributed by atoms with van der Waals surface area (Å²) in [4.78, 5) is 10.7. The van der Waals surface area contributed by atoms with Gasteiger partial charge < -0.3 is 15.2 Å². The number of nitro groups is 1. The van der Waals surface area contributed by atoms with Crippen molar-refractivity contribution < 1.29 is 14.8 Å². The molecule has 0 bridgehead atoms. The van der Waals surface area contributed by atoms with Crippen molar-refractivity contribution in [3.63, 3.8) is 0 Å². The van der Waals surface area contributed by atoms with Gasteiger partial charge in [0.25, 0.3) is 5.69 Å². The highest BCUT2D eigenvalue weighted by atomic mass is 16.6. The molecule has 1 aliphatic rings. The smallest absolute Gasteiger partial charge is 0.296 e. The maximum absolute atomic E-state index is 11.1. The monoisotopic (exact) mass is 294 g/mol. The van der Waals surface area contributed by atoms with E-state index >= 15 is 0 Å². The van der Waals surface area contributed by atoms with Crippen molar-refractivity contribution in [1.82, 2.24) is 0 Å². The Kier molecular flexibility index (Phi) is 4.67. The van der Waals surface area contributed by atoms with E-state index in [0.29, 0.717) is 23.9 Å². The lowest BCUT2D eigenvalue weighted by Crippen LogP contribution is -2.40. The molecule has 1 aromatic carbocycles. The van der Waals surface area contributed by atoms with Gasteiger partial charge in [0.2, 0.25) is 0 Å². The first-order valence-corrected chi connectivity index (χ1v) is 7.22. The minimum Gasteiger partial charge on any atom is -0.496 e. The average molecular weight is 294 g/mol. The fourth-order valence-electron chi connectivity index (χ4n) is 2.67. The first kappa shape index (κ1) is 15.6. The van der Waals surface area contributed by atoms with Crippen molar-refractivity contribution in [2.45, 2.75) is 38.2 Å². The van der Waals surface area contributed by atoms with Gasteiger partial charge in [0.1, 0.15) is 11.4 Å². The van der Waals surface area contributed by atoms with E-state index in [-0.39, 0.29) is 5.69 Å². The summed E-state index contributed by atoms with van der Waals surface area (Å²) in [5.74, 6) is 1.08. The fraction of sp³-hybridized carbons (Fsp3) is 0.600. The van der Waals surface area contributed by atoms with Crippen molar-refractivity contribution in [2.24, 2.45) is 5.92 Å². The number of hydrogen-bond acceptors (Lipinski definition) is 5. The predicted octanol–water partition coefficient (Wildman–Crippen LogP) is 2.96. The molecule has 1 aromatic rings. The summed E-state index contributed by atoms with van der Waals surface area (Å²) in [5.41, 5.74) is -0.407. The van der Waals surface area contributed by atoms with Gasteiger partial charge in [-0.15, -0.1) is 0 Å². The Bertz CT molecular complexity index is 510. The number of nitrogens with zero attached hydrogens (tertiary/aromatic N) is 1. The zero-order chi connectivity index (χ0) is 15.5. The van der Waals surface area contributed by atoms with Crippen LogP contribution in [0.3, 0.4) is 0 Å². The van der Waals surface area contributed by atoms with E-state index in [1.54, 1.807) is 12.1 Å². The third-order valence-electron chi connectivity index (χ3n) is 4.21. The van der Waals surface area contributed by atoms with Gasteiger partial charge in [-0.05, 0) is 43.7 Å². The van der Waals surface area contributed by atoms with Crippen LogP contribution in [0.2, 0.25) is 0 Å². The normalized spacial score (nSPS) is 25.4. The fourth-order valence-corrected chi connectivity index (χ4v) is 2.67. The van der Waals surface area contributed by atoms with Crippen LogP contribution in [-0.2, 0) is 0 Å². The molecule has 2 N–H and O–H groups in total. The molecule has 0 aliphatic heterocycles. The number of methoxy groups -OCH3 is 1. The highest BCUT2D eigenvalue weighted by molar-refractivity contribution is 5.64. The van der Waals surface area contributed by atoms with E-state index in [4.69, 9.17) is 4.74 Å². The second kappa shape index (κ2) is 6.30. The molecular formula is C15H22N2O4. The molecule has 0 saturated heterocycles. The Balaban J connectivity index is 2.07. The van der Waals surface area contributed by atoms with Crippen LogP contribution in [0.15, 0.2) is 18.2 Å². The van der Waals surface area contributed by atoms with E-state index in [1.807, 2.05) is 0 Å². The molecular weight excluding hydrogens is 272 g/mol. The van der Waals surface area contributed by atoms with Gasteiger partial charge in [0.05, 0.1) is 23.7 Å². The van der Waals surface area contributed by atoms with Gasteiger partial charge in [-0.3, -0.25) is 10.1 Å². The molecule has 0 radical (unpaired) electrons. The standard InChI is InChI=1S/C15H22N2O4/c1-11-5-7-15(18,8-6-11)10-16-13-4-3-12(21-2)9-14(13)17(19)20/h3-4,9,11,16,18H,5-8,10H2,1-2H3. The van der Waals surface area contributed by atoms with Crippen LogP contribution in [0.1, 0.15) is 32.6 Å². The zero-order valence-corrected chi connectivity index (χ0v) is 12.5. The molecule has 21 heavy (non-hydrogen) atoms. The maximum Gasteiger partial charge on any atom is 0.296 e. The second-order valence-electron chi connectivity index (χ2n) is 5.90. The molecule has 1 saturated carbocycles. The molecule has 0 spiro atoms. The average Bonchev–Trinajstić information content (AvgIpc) is 2.48. The van der Waals surface area contributed by atoms with Gasteiger partial charge in [-0.1, -0.05) is 6.92 Å². The molecule has 0 heterocycles. The van der Waals surface area contributed by atoms with Crippen LogP contribution in [0, 0.1) is 16.0 Å². The van der Waals surface area contributed by atoms with E-state index in [0.717, 1.165) is 25.7 Å². The summed E-state index contributed by atoms with van der Waals surface area (Å²) in [7, 11) is 1.47. The van der Waals surface area contributed by atoms with Gasteiger partial charge in [0, 0.05) is 6.54 Å². The van der Waals surface area contributed by atoms with E-state index in [9.17, 15) is 15.2 Å². The van der Waals surface area contributed by atoms with Crippen molar-refractivity contribution in [3.05, 3.63) is 28.3 Å². The number of nitrogens with one attached hydrogen (secondary N) is 1. The van der Waals surface area contributed by atoms with Crippen LogP contribution < -0.4 is 10.1 Å². The molecule has 1 aliphatic carbocycles. The van der Waals surface area contributed by atoms with Crippen LogP contribution >= 0.6 is 0 Å². The minimum absolute atomic E-state index is 0.0397. The van der Waals surface area contributed by atoms with Crippen LogP contribution in [0.4, 0.5) is 11.4 Å². The van der Waals surface area contributed by atoms with Crippen molar-refractivity contribution in [2.75, 3.05) is 19.0 Å². The lowest BCUT2D eigenvalue weighted by Gasteiger charge is -2.35.